The van der Waals surface area contributed by atoms with Crippen molar-refractivity contribution < 1.29 is 17.8 Å². The van der Waals surface area contributed by atoms with Gasteiger partial charge in [-0.05, 0) is 60.3 Å². The second-order valence-electron chi connectivity index (χ2n) is 8.47. The zero-order valence-corrected chi connectivity index (χ0v) is 17.6. The Kier molecular flexibility index (Phi) is 5.14. The van der Waals surface area contributed by atoms with E-state index in [1.807, 2.05) is 13.8 Å². The summed E-state index contributed by atoms with van der Waals surface area (Å²) in [5, 5.41) is 0. The van der Waals surface area contributed by atoms with E-state index in [1.54, 1.807) is 0 Å². The van der Waals surface area contributed by atoms with Crippen LogP contribution in [0.15, 0.2) is 22.7 Å². The van der Waals surface area contributed by atoms with Crippen molar-refractivity contribution in [2.75, 3.05) is 5.75 Å². The number of Topliss-reactive ketones (excluding diaryl/α,β-unsaturated/α-hetero) is 1. The van der Waals surface area contributed by atoms with Crippen LogP contribution in [0.3, 0.4) is 0 Å². The Balaban J connectivity index is 0.000000158. The predicted octanol–water partition coefficient (Wildman–Crippen LogP) is 3.14. The molecule has 3 atom stereocenters. The second-order valence-corrected chi connectivity index (χ2v) is 10.8. The third kappa shape index (κ3) is 3.51. The molecule has 0 radical (unpaired) electrons. The Bertz CT molecular complexity index is 836. The Morgan fingerprint density at radius 1 is 1.23 bits per heavy atom. The van der Waals surface area contributed by atoms with E-state index in [1.165, 1.54) is 11.1 Å². The first-order valence-electron chi connectivity index (χ1n) is 8.96. The van der Waals surface area contributed by atoms with E-state index in [0.717, 1.165) is 23.7 Å². The maximum atomic E-state index is 11.9. The zero-order valence-electron chi connectivity index (χ0n) is 15.2. The SMILES string of the molecule is CC1(C)C2CC[C@@]1(CS(=O)(=O)O)C(=O)C2.N[C@H]1Cc2ccc(Br)cc2C1. The first-order valence-corrected chi connectivity index (χ1v) is 11.4. The standard InChI is InChI=1S/C10H16O4S.C9H10BrN/c1-9(2)7-3-4-10(9,8(11)5-7)6-15(12,13)14;10-8-2-1-6-4-9(11)5-7(6)3-8/h7H,3-6H2,1-2H3,(H,12,13,14);1-3,9H,4-5,11H2/t7?,10-;9-/m10/s1. The molecule has 3 aliphatic rings. The fraction of sp³-hybridized carbons (Fsp3) is 0.632. The van der Waals surface area contributed by atoms with Crippen LogP contribution < -0.4 is 5.73 Å². The van der Waals surface area contributed by atoms with Crippen LogP contribution in [0.5, 0.6) is 0 Å². The number of ketones is 1. The van der Waals surface area contributed by atoms with Gasteiger partial charge in [0.1, 0.15) is 5.78 Å². The second kappa shape index (κ2) is 6.69. The van der Waals surface area contributed by atoms with Crippen LogP contribution in [-0.2, 0) is 27.8 Å². The molecule has 0 aliphatic heterocycles. The number of nitrogens with two attached hydrogens (primary N) is 1. The van der Waals surface area contributed by atoms with Gasteiger partial charge in [-0.3, -0.25) is 9.35 Å². The van der Waals surface area contributed by atoms with Gasteiger partial charge in [-0.1, -0.05) is 35.8 Å². The molecule has 0 saturated heterocycles. The lowest BCUT2D eigenvalue weighted by atomic mass is 9.70. The zero-order chi connectivity index (χ0) is 19.3. The van der Waals surface area contributed by atoms with E-state index in [9.17, 15) is 13.2 Å². The molecule has 2 fully saturated rings. The number of halogens is 1. The van der Waals surface area contributed by atoms with Gasteiger partial charge in [0.05, 0.1) is 11.2 Å². The summed E-state index contributed by atoms with van der Waals surface area (Å²) >= 11 is 3.44. The van der Waals surface area contributed by atoms with Crippen molar-refractivity contribution in [1.29, 1.82) is 0 Å². The third-order valence-corrected chi connectivity index (χ3v) is 8.05. The van der Waals surface area contributed by atoms with E-state index in [4.69, 9.17) is 10.3 Å². The highest BCUT2D eigenvalue weighted by Gasteiger charge is 2.65. The van der Waals surface area contributed by atoms with Gasteiger partial charge in [-0.2, -0.15) is 8.42 Å². The van der Waals surface area contributed by atoms with Crippen molar-refractivity contribution >= 4 is 31.8 Å². The lowest BCUT2D eigenvalue weighted by Crippen LogP contribution is -2.42. The topological polar surface area (TPSA) is 97.5 Å². The molecule has 5 nitrogen and oxygen atoms in total. The van der Waals surface area contributed by atoms with Gasteiger partial charge < -0.3 is 5.73 Å². The molecular formula is C19H26BrNO4S. The Labute approximate surface area is 163 Å². The minimum atomic E-state index is -4.08. The van der Waals surface area contributed by atoms with Gasteiger partial charge in [-0.25, -0.2) is 0 Å². The number of carbonyl (C=O) groups excluding carboxylic acids is 1. The van der Waals surface area contributed by atoms with Crippen molar-refractivity contribution in [3.63, 3.8) is 0 Å². The quantitative estimate of drug-likeness (QED) is 0.683. The van der Waals surface area contributed by atoms with E-state index in [0.29, 0.717) is 18.9 Å². The smallest absolute Gasteiger partial charge is 0.265 e. The fourth-order valence-corrected chi connectivity index (χ4v) is 6.75. The maximum Gasteiger partial charge on any atom is 0.265 e. The molecule has 0 heterocycles. The lowest BCUT2D eigenvalue weighted by molar-refractivity contribution is -0.128. The molecule has 4 rings (SSSR count). The molecule has 1 aromatic carbocycles. The molecule has 144 valence electrons. The summed E-state index contributed by atoms with van der Waals surface area (Å²) in [5.74, 6) is -0.101. The molecule has 0 amide bonds. The van der Waals surface area contributed by atoms with Gasteiger partial charge in [0.15, 0.2) is 0 Å². The Morgan fingerprint density at radius 3 is 2.42 bits per heavy atom. The average Bonchev–Trinajstić information content (AvgIpc) is 3.03. The first kappa shape index (κ1) is 20.0. The van der Waals surface area contributed by atoms with Crippen LogP contribution in [-0.4, -0.2) is 30.5 Å². The summed E-state index contributed by atoms with van der Waals surface area (Å²) in [5.41, 5.74) is 7.53. The molecule has 3 aliphatic carbocycles. The first-order chi connectivity index (χ1) is 11.9. The average molecular weight is 444 g/mol. The van der Waals surface area contributed by atoms with Crippen molar-refractivity contribution in [2.24, 2.45) is 22.5 Å². The molecule has 26 heavy (non-hydrogen) atoms. The van der Waals surface area contributed by atoms with Crippen LogP contribution in [0.25, 0.3) is 0 Å². The number of rotatable bonds is 2. The summed E-state index contributed by atoms with van der Waals surface area (Å²) in [7, 11) is -4.08. The van der Waals surface area contributed by atoms with Crippen LogP contribution in [0.1, 0.15) is 44.2 Å². The third-order valence-electron chi connectivity index (χ3n) is 6.70. The van der Waals surface area contributed by atoms with Crippen molar-refractivity contribution in [3.05, 3.63) is 33.8 Å². The summed E-state index contributed by atoms with van der Waals surface area (Å²) in [6.45, 7) is 3.89. The Morgan fingerprint density at radius 2 is 1.88 bits per heavy atom. The summed E-state index contributed by atoms with van der Waals surface area (Å²) < 4.78 is 32.1. The summed E-state index contributed by atoms with van der Waals surface area (Å²) in [4.78, 5) is 11.9. The summed E-state index contributed by atoms with van der Waals surface area (Å²) in [6, 6.07) is 6.75. The predicted molar refractivity (Wildman–Crippen MR) is 105 cm³/mol. The van der Waals surface area contributed by atoms with Gasteiger partial charge >= 0.3 is 0 Å². The maximum absolute atomic E-state index is 11.9. The molecular weight excluding hydrogens is 418 g/mol. The highest BCUT2D eigenvalue weighted by molar-refractivity contribution is 9.10. The van der Waals surface area contributed by atoms with Crippen LogP contribution in [0.2, 0.25) is 0 Å². The molecule has 2 saturated carbocycles. The minimum Gasteiger partial charge on any atom is -0.327 e. The van der Waals surface area contributed by atoms with E-state index in [2.05, 4.69) is 34.1 Å². The van der Waals surface area contributed by atoms with Crippen LogP contribution >= 0.6 is 15.9 Å². The number of hydrogen-bond acceptors (Lipinski definition) is 4. The number of fused-ring (bicyclic) bond motifs is 3. The van der Waals surface area contributed by atoms with Crippen molar-refractivity contribution in [1.82, 2.24) is 0 Å². The van der Waals surface area contributed by atoms with E-state index in [-0.39, 0.29) is 17.1 Å². The lowest BCUT2D eigenvalue weighted by Gasteiger charge is -2.35. The van der Waals surface area contributed by atoms with Gasteiger partial charge in [0, 0.05) is 16.9 Å². The number of benzene rings is 1. The van der Waals surface area contributed by atoms with Gasteiger partial charge in [0.2, 0.25) is 0 Å². The van der Waals surface area contributed by atoms with Gasteiger partial charge in [0.25, 0.3) is 10.1 Å². The number of carbonyl (C=O) groups is 1. The fourth-order valence-electron chi connectivity index (χ4n) is 5.04. The molecule has 1 aromatic rings. The van der Waals surface area contributed by atoms with Crippen LogP contribution in [0, 0.1) is 16.7 Å². The monoisotopic (exact) mass is 443 g/mol. The highest BCUT2D eigenvalue weighted by Crippen LogP contribution is 2.64. The molecule has 7 heteroatoms. The van der Waals surface area contributed by atoms with Crippen LogP contribution in [0.4, 0.5) is 0 Å². The number of hydrogen-bond donors (Lipinski definition) is 2. The van der Waals surface area contributed by atoms with Gasteiger partial charge in [-0.15, -0.1) is 0 Å². The molecule has 0 aromatic heterocycles. The van der Waals surface area contributed by atoms with E-state index >= 15 is 0 Å². The van der Waals surface area contributed by atoms with Crippen molar-refractivity contribution in [3.8, 4) is 0 Å². The normalized spacial score (nSPS) is 31.5. The molecule has 2 bridgehead atoms. The molecule has 1 unspecified atom stereocenters. The molecule has 0 spiro atoms. The van der Waals surface area contributed by atoms with E-state index < -0.39 is 21.3 Å². The highest BCUT2D eigenvalue weighted by atomic mass is 79.9. The van der Waals surface area contributed by atoms with Crippen molar-refractivity contribution in [2.45, 2.75) is 52.0 Å². The molecule has 3 N–H and O–H groups in total. The Hall–Kier alpha value is -0.760. The largest absolute Gasteiger partial charge is 0.327 e. The minimum absolute atomic E-state index is 0.0152. The summed E-state index contributed by atoms with van der Waals surface area (Å²) in [6.07, 6.45) is 4.05.